The Balaban J connectivity index is 1.61. The fourth-order valence-electron chi connectivity index (χ4n) is 4.14. The zero-order valence-electron chi connectivity index (χ0n) is 17.3. The molecule has 1 aliphatic heterocycles. The van der Waals surface area contributed by atoms with Crippen LogP contribution in [0, 0.1) is 5.92 Å². The molecular weight excluding hydrogens is 398 g/mol. The molecule has 1 aliphatic rings. The summed E-state index contributed by atoms with van der Waals surface area (Å²) in [6.45, 7) is 0.415. The molecule has 3 aromatic rings. The molecule has 0 saturated carbocycles. The number of para-hydroxylation sites is 1. The minimum atomic E-state index is -3.09. The van der Waals surface area contributed by atoms with Gasteiger partial charge < -0.3 is 15.2 Å². The van der Waals surface area contributed by atoms with Crippen molar-refractivity contribution in [1.82, 2.24) is 10.3 Å². The van der Waals surface area contributed by atoms with Crippen LogP contribution in [0.4, 0.5) is 5.69 Å². The molecule has 7 heteroatoms. The number of nitrogens with one attached hydrogen (secondary N) is 2. The van der Waals surface area contributed by atoms with Crippen molar-refractivity contribution in [2.45, 2.75) is 12.3 Å². The third kappa shape index (κ3) is 4.21. The second-order valence-corrected chi connectivity index (χ2v) is 10.4. The average molecular weight is 426 g/mol. The first kappa shape index (κ1) is 20.5. The molecule has 158 valence electrons. The number of benzene rings is 2. The monoisotopic (exact) mass is 425 g/mol. The molecule has 0 aliphatic carbocycles. The summed E-state index contributed by atoms with van der Waals surface area (Å²) in [4.78, 5) is 18.0. The summed E-state index contributed by atoms with van der Waals surface area (Å²) in [7, 11) is 0.917. The largest absolute Gasteiger partial charge is 0.378 e. The van der Waals surface area contributed by atoms with Gasteiger partial charge in [-0.15, -0.1) is 0 Å². The van der Waals surface area contributed by atoms with Gasteiger partial charge in [-0.3, -0.25) is 4.79 Å². The highest BCUT2D eigenvalue weighted by Crippen LogP contribution is 2.31. The van der Waals surface area contributed by atoms with Gasteiger partial charge in [0.1, 0.15) is 0 Å². The van der Waals surface area contributed by atoms with E-state index in [1.54, 1.807) is 0 Å². The maximum Gasteiger partial charge on any atom is 0.224 e. The Bertz CT molecular complexity index is 1150. The van der Waals surface area contributed by atoms with E-state index in [1.165, 1.54) is 0 Å². The van der Waals surface area contributed by atoms with Gasteiger partial charge in [-0.1, -0.05) is 30.3 Å². The molecule has 2 N–H and O–H groups in total. The molecule has 2 aromatic carbocycles. The number of anilines is 1. The maximum atomic E-state index is 12.7. The summed E-state index contributed by atoms with van der Waals surface area (Å²) in [6, 6.07) is 16.4. The molecule has 2 heterocycles. The van der Waals surface area contributed by atoms with Crippen LogP contribution in [-0.2, 0) is 14.6 Å². The molecule has 1 amide bonds. The van der Waals surface area contributed by atoms with Crippen molar-refractivity contribution in [2.24, 2.45) is 5.92 Å². The normalized spacial score (nSPS) is 18.9. The number of amides is 1. The quantitative estimate of drug-likeness (QED) is 0.636. The van der Waals surface area contributed by atoms with Crippen LogP contribution in [-0.4, -0.2) is 51.5 Å². The van der Waals surface area contributed by atoms with Crippen molar-refractivity contribution < 1.29 is 13.2 Å². The van der Waals surface area contributed by atoms with E-state index >= 15 is 0 Å². The van der Waals surface area contributed by atoms with Gasteiger partial charge >= 0.3 is 0 Å². The van der Waals surface area contributed by atoms with Crippen LogP contribution in [0.3, 0.4) is 0 Å². The second-order valence-electron chi connectivity index (χ2n) is 8.17. The SMILES string of the molecule is CN(C)c1ccc(C(CNC(=O)C2CCS(=O)(=O)C2)c2c[nH]c3ccccc23)cc1. The first-order chi connectivity index (χ1) is 14.3. The highest BCUT2D eigenvalue weighted by Gasteiger charge is 2.33. The predicted octanol–water partition coefficient (Wildman–Crippen LogP) is 2.92. The number of fused-ring (bicyclic) bond motifs is 1. The number of carbonyl (C=O) groups is 1. The third-order valence-electron chi connectivity index (χ3n) is 5.89. The number of nitrogens with zero attached hydrogens (tertiary/aromatic N) is 1. The molecule has 0 radical (unpaired) electrons. The molecule has 1 fully saturated rings. The van der Waals surface area contributed by atoms with Crippen molar-refractivity contribution in [2.75, 3.05) is 37.0 Å². The van der Waals surface area contributed by atoms with E-state index in [0.29, 0.717) is 13.0 Å². The summed E-state index contributed by atoms with van der Waals surface area (Å²) in [5, 5.41) is 4.15. The molecule has 1 saturated heterocycles. The highest BCUT2D eigenvalue weighted by molar-refractivity contribution is 7.91. The van der Waals surface area contributed by atoms with Crippen molar-refractivity contribution in [1.29, 1.82) is 0 Å². The van der Waals surface area contributed by atoms with Crippen LogP contribution in [0.2, 0.25) is 0 Å². The van der Waals surface area contributed by atoms with E-state index in [9.17, 15) is 13.2 Å². The van der Waals surface area contributed by atoms with Gasteiger partial charge in [-0.05, 0) is 35.7 Å². The Kier molecular flexibility index (Phi) is 5.56. The lowest BCUT2D eigenvalue weighted by Gasteiger charge is -2.21. The zero-order valence-corrected chi connectivity index (χ0v) is 18.1. The van der Waals surface area contributed by atoms with Crippen molar-refractivity contribution in [3.05, 3.63) is 65.9 Å². The summed E-state index contributed by atoms with van der Waals surface area (Å²) in [5.74, 6) is -0.614. The average Bonchev–Trinajstić information content (AvgIpc) is 3.32. The summed E-state index contributed by atoms with van der Waals surface area (Å²) in [5.41, 5.74) is 4.37. The van der Waals surface area contributed by atoms with Gasteiger partial charge in [0.15, 0.2) is 9.84 Å². The number of rotatable bonds is 6. The maximum absolute atomic E-state index is 12.7. The minimum absolute atomic E-state index is 0.0423. The Morgan fingerprint density at radius 2 is 1.90 bits per heavy atom. The number of aromatic amines is 1. The van der Waals surface area contributed by atoms with Crippen LogP contribution >= 0.6 is 0 Å². The van der Waals surface area contributed by atoms with Crippen LogP contribution < -0.4 is 10.2 Å². The molecule has 0 spiro atoms. The summed E-state index contributed by atoms with van der Waals surface area (Å²) in [6.07, 6.45) is 2.41. The summed E-state index contributed by atoms with van der Waals surface area (Å²) >= 11 is 0. The molecule has 2 atom stereocenters. The van der Waals surface area contributed by atoms with E-state index in [2.05, 4.69) is 40.6 Å². The zero-order chi connectivity index (χ0) is 21.3. The van der Waals surface area contributed by atoms with Crippen LogP contribution in [0.15, 0.2) is 54.7 Å². The Morgan fingerprint density at radius 3 is 2.57 bits per heavy atom. The first-order valence-corrected chi connectivity index (χ1v) is 12.0. The van der Waals surface area contributed by atoms with E-state index in [4.69, 9.17) is 0 Å². The lowest BCUT2D eigenvalue weighted by atomic mass is 9.90. The summed E-state index contributed by atoms with van der Waals surface area (Å²) < 4.78 is 23.5. The van der Waals surface area contributed by atoms with E-state index in [1.807, 2.05) is 43.4 Å². The van der Waals surface area contributed by atoms with Gasteiger partial charge in [0.25, 0.3) is 0 Å². The van der Waals surface area contributed by atoms with Gasteiger partial charge in [0.2, 0.25) is 5.91 Å². The van der Waals surface area contributed by atoms with Crippen LogP contribution in [0.25, 0.3) is 10.9 Å². The van der Waals surface area contributed by atoms with Gasteiger partial charge in [0, 0.05) is 49.3 Å². The molecule has 0 bridgehead atoms. The second kappa shape index (κ2) is 8.14. The number of sulfone groups is 1. The number of H-pyrrole nitrogens is 1. The lowest BCUT2D eigenvalue weighted by Crippen LogP contribution is -2.34. The Morgan fingerprint density at radius 1 is 1.17 bits per heavy atom. The fraction of sp³-hybridized carbons (Fsp3) is 0.348. The first-order valence-electron chi connectivity index (χ1n) is 10.2. The van der Waals surface area contributed by atoms with E-state index in [0.717, 1.165) is 27.7 Å². The fourth-order valence-corrected chi connectivity index (χ4v) is 5.88. The molecule has 1 aromatic heterocycles. The van der Waals surface area contributed by atoms with Gasteiger partial charge in [-0.2, -0.15) is 0 Å². The van der Waals surface area contributed by atoms with Crippen molar-refractivity contribution in [3.8, 4) is 0 Å². The number of carbonyl (C=O) groups excluding carboxylic acids is 1. The smallest absolute Gasteiger partial charge is 0.224 e. The topological polar surface area (TPSA) is 82.3 Å². The molecule has 6 nitrogen and oxygen atoms in total. The number of hydrogen-bond acceptors (Lipinski definition) is 4. The van der Waals surface area contributed by atoms with Crippen LogP contribution in [0.1, 0.15) is 23.5 Å². The van der Waals surface area contributed by atoms with E-state index in [-0.39, 0.29) is 23.3 Å². The minimum Gasteiger partial charge on any atom is -0.378 e. The molecule has 4 rings (SSSR count). The molecule has 2 unspecified atom stereocenters. The highest BCUT2D eigenvalue weighted by atomic mass is 32.2. The van der Waals surface area contributed by atoms with Crippen LogP contribution in [0.5, 0.6) is 0 Å². The predicted molar refractivity (Wildman–Crippen MR) is 121 cm³/mol. The van der Waals surface area contributed by atoms with Gasteiger partial charge in [0.05, 0.1) is 17.4 Å². The molecular formula is C23H27N3O3S. The Hall–Kier alpha value is -2.80. The number of aromatic nitrogens is 1. The Labute approximate surface area is 177 Å². The van der Waals surface area contributed by atoms with E-state index < -0.39 is 15.8 Å². The number of hydrogen-bond donors (Lipinski definition) is 2. The van der Waals surface area contributed by atoms with Crippen molar-refractivity contribution in [3.63, 3.8) is 0 Å². The third-order valence-corrected chi connectivity index (χ3v) is 7.66. The lowest BCUT2D eigenvalue weighted by molar-refractivity contribution is -0.124. The standard InChI is InChI=1S/C23H27N3O3S/c1-26(2)18-9-7-16(8-10-18)20(21-14-24-22-6-4-3-5-19(21)22)13-25-23(27)17-11-12-30(28,29)15-17/h3-10,14,17,20,24H,11-13,15H2,1-2H3,(H,25,27). The van der Waals surface area contributed by atoms with Crippen molar-refractivity contribution >= 4 is 32.3 Å². The van der Waals surface area contributed by atoms with Gasteiger partial charge in [-0.25, -0.2) is 8.42 Å². The molecule has 30 heavy (non-hydrogen) atoms.